The van der Waals surface area contributed by atoms with Crippen molar-refractivity contribution in [1.29, 1.82) is 0 Å². The van der Waals surface area contributed by atoms with Gasteiger partial charge in [-0.3, -0.25) is 0 Å². The van der Waals surface area contributed by atoms with Crippen molar-refractivity contribution in [2.75, 3.05) is 23.8 Å². The second-order valence-electron chi connectivity index (χ2n) is 5.19. The van der Waals surface area contributed by atoms with E-state index in [0.29, 0.717) is 33.9 Å². The van der Waals surface area contributed by atoms with Crippen molar-refractivity contribution in [2.45, 2.75) is 19.1 Å². The van der Waals surface area contributed by atoms with Crippen LogP contribution in [0.25, 0.3) is 0 Å². The van der Waals surface area contributed by atoms with Crippen molar-refractivity contribution in [3.05, 3.63) is 41.5 Å². The Morgan fingerprint density at radius 2 is 1.78 bits per heavy atom. The summed E-state index contributed by atoms with van der Waals surface area (Å²) < 4.78 is 5.92. The van der Waals surface area contributed by atoms with Gasteiger partial charge >= 0.3 is 0 Å². The van der Waals surface area contributed by atoms with Crippen LogP contribution in [0.2, 0.25) is 0 Å². The average Bonchev–Trinajstić information content (AvgIpc) is 2.51. The summed E-state index contributed by atoms with van der Waals surface area (Å²) in [6, 6.07) is 7.95. The maximum absolute atomic E-state index is 10.00. The third-order valence-electron chi connectivity index (χ3n) is 3.59. The molecule has 2 aromatic carbocycles. The molecule has 0 bridgehead atoms. The van der Waals surface area contributed by atoms with Gasteiger partial charge in [0.25, 0.3) is 0 Å². The highest BCUT2D eigenvalue weighted by molar-refractivity contribution is 5.62. The van der Waals surface area contributed by atoms with Gasteiger partial charge < -0.3 is 37.9 Å². The lowest BCUT2D eigenvalue weighted by atomic mass is 9.97. The number of anilines is 3. The Labute approximate surface area is 134 Å². The molecule has 0 aromatic heterocycles. The molecular formula is C16H22N4O3. The number of hydrogen-bond donors (Lipinski definition) is 6. The summed E-state index contributed by atoms with van der Waals surface area (Å²) in [6.07, 6.45) is -0.332. The number of ether oxygens (including phenoxy) is 1. The largest absolute Gasteiger partial charge is 0.508 e. The van der Waals surface area contributed by atoms with Crippen molar-refractivity contribution in [1.82, 2.24) is 0 Å². The van der Waals surface area contributed by atoms with Gasteiger partial charge in [0.2, 0.25) is 0 Å². The molecule has 0 saturated carbocycles. The molecule has 0 aliphatic heterocycles. The Balaban J connectivity index is 2.45. The molecule has 0 aliphatic carbocycles. The summed E-state index contributed by atoms with van der Waals surface area (Å²) in [5.41, 5.74) is 25.7. The molecule has 7 nitrogen and oxygen atoms in total. The molecule has 0 spiro atoms. The minimum atomic E-state index is -0.600. The Morgan fingerprint density at radius 3 is 2.39 bits per heavy atom. The van der Waals surface area contributed by atoms with Crippen LogP contribution in [0.1, 0.15) is 23.7 Å². The van der Waals surface area contributed by atoms with Gasteiger partial charge in [-0.1, -0.05) is 0 Å². The summed E-state index contributed by atoms with van der Waals surface area (Å²) in [5.74, 6) is 0.455. The van der Waals surface area contributed by atoms with Crippen LogP contribution in [-0.2, 0) is 6.54 Å². The van der Waals surface area contributed by atoms with E-state index >= 15 is 0 Å². The van der Waals surface area contributed by atoms with Gasteiger partial charge in [-0.15, -0.1) is 0 Å². The van der Waals surface area contributed by atoms with Gasteiger partial charge in [0.05, 0.1) is 5.69 Å². The zero-order valence-electron chi connectivity index (χ0n) is 12.7. The van der Waals surface area contributed by atoms with Crippen molar-refractivity contribution >= 4 is 17.1 Å². The van der Waals surface area contributed by atoms with E-state index in [9.17, 15) is 10.2 Å². The molecule has 7 heteroatoms. The second kappa shape index (κ2) is 7.08. The highest BCUT2D eigenvalue weighted by atomic mass is 16.5. The summed E-state index contributed by atoms with van der Waals surface area (Å²) >= 11 is 0. The van der Waals surface area contributed by atoms with Crippen LogP contribution in [0.3, 0.4) is 0 Å². The molecule has 23 heavy (non-hydrogen) atoms. The Morgan fingerprint density at radius 1 is 1.04 bits per heavy atom. The molecular weight excluding hydrogens is 296 g/mol. The van der Waals surface area contributed by atoms with E-state index in [1.165, 1.54) is 6.07 Å². The lowest BCUT2D eigenvalue weighted by molar-refractivity contribution is 0.156. The van der Waals surface area contributed by atoms with E-state index in [1.807, 2.05) is 0 Å². The number of aliphatic hydroxyl groups is 1. The van der Waals surface area contributed by atoms with Crippen LogP contribution in [0.4, 0.5) is 17.1 Å². The summed E-state index contributed by atoms with van der Waals surface area (Å²) in [6.45, 7) is -0.0344. The molecule has 2 rings (SSSR count). The molecule has 1 unspecified atom stereocenters. The molecule has 0 saturated heterocycles. The number of phenols is 1. The molecule has 0 aliphatic rings. The average molecular weight is 318 g/mol. The van der Waals surface area contributed by atoms with E-state index in [4.69, 9.17) is 27.7 Å². The Kier molecular flexibility index (Phi) is 5.15. The van der Waals surface area contributed by atoms with Gasteiger partial charge in [-0.2, -0.15) is 0 Å². The van der Waals surface area contributed by atoms with E-state index in [1.54, 1.807) is 24.3 Å². The first-order valence-corrected chi connectivity index (χ1v) is 7.20. The van der Waals surface area contributed by atoms with Gasteiger partial charge in [0.1, 0.15) is 17.6 Å². The van der Waals surface area contributed by atoms with E-state index in [2.05, 4.69) is 0 Å². The molecule has 10 N–H and O–H groups in total. The molecule has 2 aromatic rings. The molecule has 0 amide bonds. The fourth-order valence-electron chi connectivity index (χ4n) is 2.47. The van der Waals surface area contributed by atoms with Crippen LogP contribution < -0.4 is 27.7 Å². The summed E-state index contributed by atoms with van der Waals surface area (Å²) in [5, 5.41) is 19.3. The first-order valence-electron chi connectivity index (χ1n) is 7.20. The maximum atomic E-state index is 10.00. The first kappa shape index (κ1) is 16.7. The maximum Gasteiger partial charge on any atom is 0.143 e. The minimum absolute atomic E-state index is 0.0357. The topological polar surface area (TPSA) is 154 Å². The fourth-order valence-corrected chi connectivity index (χ4v) is 2.47. The Hall–Kier alpha value is -2.64. The quantitative estimate of drug-likeness (QED) is 0.344. The number of nitrogens with two attached hydrogens (primary N) is 4. The summed E-state index contributed by atoms with van der Waals surface area (Å²) in [4.78, 5) is 0. The Bertz CT molecular complexity index is 691. The zero-order valence-corrected chi connectivity index (χ0v) is 12.7. The lowest BCUT2D eigenvalue weighted by Crippen LogP contribution is -2.16. The van der Waals surface area contributed by atoms with Gasteiger partial charge in [-0.05, 0) is 30.3 Å². The third kappa shape index (κ3) is 3.58. The molecule has 0 fully saturated rings. The third-order valence-corrected chi connectivity index (χ3v) is 3.59. The van der Waals surface area contributed by atoms with Crippen molar-refractivity contribution in [2.24, 2.45) is 5.73 Å². The number of nitrogen functional groups attached to an aromatic ring is 3. The van der Waals surface area contributed by atoms with Gasteiger partial charge in [-0.25, -0.2) is 0 Å². The monoisotopic (exact) mass is 318 g/mol. The number of benzene rings is 2. The van der Waals surface area contributed by atoms with Crippen LogP contribution in [0.5, 0.6) is 11.5 Å². The van der Waals surface area contributed by atoms with E-state index in [0.717, 1.165) is 0 Å². The normalized spacial score (nSPS) is 12.1. The van der Waals surface area contributed by atoms with Crippen LogP contribution in [-0.4, -0.2) is 16.8 Å². The van der Waals surface area contributed by atoms with Crippen LogP contribution in [0.15, 0.2) is 30.3 Å². The standard InChI is InChI=1S/C16H22N4O3/c17-8-10-13(22)3-2-11(19)16(10)15(5-6-21)23-14-4-1-9(18)7-12(14)20/h1-4,7,15,21-22H,5-6,8,17-20H2. The van der Waals surface area contributed by atoms with E-state index in [-0.39, 0.29) is 25.3 Å². The number of aliphatic hydroxyl groups excluding tert-OH is 1. The highest BCUT2D eigenvalue weighted by Gasteiger charge is 2.22. The number of hydrogen-bond acceptors (Lipinski definition) is 7. The van der Waals surface area contributed by atoms with Crippen LogP contribution >= 0.6 is 0 Å². The molecule has 0 heterocycles. The minimum Gasteiger partial charge on any atom is -0.508 e. The van der Waals surface area contributed by atoms with Gasteiger partial charge in [0.15, 0.2) is 0 Å². The fraction of sp³-hybridized carbons (Fsp3) is 0.250. The summed E-state index contributed by atoms with van der Waals surface area (Å²) in [7, 11) is 0. The zero-order chi connectivity index (χ0) is 17.0. The van der Waals surface area contributed by atoms with Crippen molar-refractivity contribution in [3.8, 4) is 11.5 Å². The first-order chi connectivity index (χ1) is 11.0. The lowest BCUT2D eigenvalue weighted by Gasteiger charge is -2.24. The molecule has 1 atom stereocenters. The predicted octanol–water partition coefficient (Wildman–Crippen LogP) is 1.10. The van der Waals surface area contributed by atoms with E-state index < -0.39 is 6.10 Å². The molecule has 0 radical (unpaired) electrons. The number of aromatic hydroxyl groups is 1. The van der Waals surface area contributed by atoms with Crippen molar-refractivity contribution in [3.63, 3.8) is 0 Å². The predicted molar refractivity (Wildman–Crippen MR) is 90.7 cm³/mol. The smallest absolute Gasteiger partial charge is 0.143 e. The van der Waals surface area contributed by atoms with Crippen LogP contribution in [0, 0.1) is 0 Å². The molecule has 124 valence electrons. The van der Waals surface area contributed by atoms with Crippen molar-refractivity contribution < 1.29 is 14.9 Å². The SMILES string of the molecule is NCc1c(O)ccc(N)c1C(CCO)Oc1ccc(N)cc1N. The second-order valence-corrected chi connectivity index (χ2v) is 5.19. The number of phenolic OH excluding ortho intramolecular Hbond substituents is 1. The highest BCUT2D eigenvalue weighted by Crippen LogP contribution is 2.37. The number of rotatable bonds is 6. The van der Waals surface area contributed by atoms with Gasteiger partial charge in [0, 0.05) is 42.1 Å².